The van der Waals surface area contributed by atoms with Crippen molar-refractivity contribution in [2.24, 2.45) is 0 Å². The fraction of sp³-hybridized carbons (Fsp3) is 0.308. The SMILES string of the molecule is Oc1ccc(Cc2cc(C3CC(O)CC(COC(O)c4ccccc4)O3)ccc2Cl)cc1. The van der Waals surface area contributed by atoms with Crippen molar-refractivity contribution in [2.45, 2.75) is 43.9 Å². The van der Waals surface area contributed by atoms with Crippen LogP contribution >= 0.6 is 11.6 Å². The van der Waals surface area contributed by atoms with Crippen LogP contribution < -0.4 is 0 Å². The molecule has 4 rings (SSSR count). The Kier molecular flexibility index (Phi) is 7.45. The second-order valence-corrected chi connectivity index (χ2v) is 8.57. The first-order valence-corrected chi connectivity index (χ1v) is 11.1. The zero-order chi connectivity index (χ0) is 22.5. The molecular formula is C26H27ClO5. The van der Waals surface area contributed by atoms with Crippen molar-refractivity contribution in [1.29, 1.82) is 0 Å². The normalized spacial score (nSPS) is 21.9. The van der Waals surface area contributed by atoms with Crippen LogP contribution in [0.5, 0.6) is 5.75 Å². The molecule has 0 aromatic heterocycles. The van der Waals surface area contributed by atoms with Crippen LogP contribution in [-0.2, 0) is 15.9 Å². The first-order valence-electron chi connectivity index (χ1n) is 10.7. The zero-order valence-electron chi connectivity index (χ0n) is 17.6. The lowest BCUT2D eigenvalue weighted by Gasteiger charge is -2.34. The number of halogens is 1. The van der Waals surface area contributed by atoms with E-state index < -0.39 is 12.4 Å². The molecule has 0 saturated carbocycles. The standard InChI is InChI=1S/C26H27ClO5/c27-24-11-8-19(13-20(24)12-17-6-9-21(28)10-7-17)25-15-22(29)14-23(32-25)16-31-26(30)18-4-2-1-3-5-18/h1-11,13,22-23,25-26,28-30H,12,14-16H2. The van der Waals surface area contributed by atoms with Gasteiger partial charge < -0.3 is 24.8 Å². The third-order valence-electron chi connectivity index (χ3n) is 5.68. The molecule has 4 atom stereocenters. The predicted molar refractivity (Wildman–Crippen MR) is 123 cm³/mol. The smallest absolute Gasteiger partial charge is 0.181 e. The Balaban J connectivity index is 1.42. The number of aliphatic hydroxyl groups excluding tert-OH is 2. The monoisotopic (exact) mass is 454 g/mol. The summed E-state index contributed by atoms with van der Waals surface area (Å²) in [5.41, 5.74) is 3.60. The maximum atomic E-state index is 10.4. The van der Waals surface area contributed by atoms with Gasteiger partial charge in [0.2, 0.25) is 0 Å². The van der Waals surface area contributed by atoms with Crippen LogP contribution in [0.15, 0.2) is 72.8 Å². The van der Waals surface area contributed by atoms with Crippen molar-refractivity contribution in [3.8, 4) is 5.75 Å². The maximum Gasteiger partial charge on any atom is 0.181 e. The topological polar surface area (TPSA) is 79.2 Å². The van der Waals surface area contributed by atoms with E-state index in [0.29, 0.717) is 29.8 Å². The van der Waals surface area contributed by atoms with E-state index in [-0.39, 0.29) is 24.6 Å². The Bertz CT molecular complexity index is 1010. The maximum absolute atomic E-state index is 10.4. The van der Waals surface area contributed by atoms with Crippen LogP contribution in [0.1, 0.15) is 47.5 Å². The molecule has 3 aromatic rings. The zero-order valence-corrected chi connectivity index (χ0v) is 18.4. The fourth-order valence-corrected chi connectivity index (χ4v) is 4.17. The minimum Gasteiger partial charge on any atom is -0.508 e. The number of ether oxygens (including phenoxy) is 2. The molecule has 3 N–H and O–H groups in total. The molecule has 5 nitrogen and oxygen atoms in total. The minimum absolute atomic E-state index is 0.178. The van der Waals surface area contributed by atoms with Gasteiger partial charge in [-0.1, -0.05) is 66.2 Å². The van der Waals surface area contributed by atoms with E-state index in [2.05, 4.69) is 0 Å². The molecule has 1 saturated heterocycles. The first-order chi connectivity index (χ1) is 15.5. The second kappa shape index (κ2) is 10.5. The van der Waals surface area contributed by atoms with Crippen molar-refractivity contribution < 1.29 is 24.8 Å². The van der Waals surface area contributed by atoms with Crippen LogP contribution in [0, 0.1) is 0 Å². The predicted octanol–water partition coefficient (Wildman–Crippen LogP) is 4.93. The van der Waals surface area contributed by atoms with Gasteiger partial charge in [0.05, 0.1) is 24.9 Å². The molecule has 0 amide bonds. The highest BCUT2D eigenvalue weighted by Crippen LogP contribution is 2.34. The molecule has 1 heterocycles. The van der Waals surface area contributed by atoms with Crippen LogP contribution in [0.4, 0.5) is 0 Å². The second-order valence-electron chi connectivity index (χ2n) is 8.16. The Morgan fingerprint density at radius 1 is 1.00 bits per heavy atom. The van der Waals surface area contributed by atoms with Gasteiger partial charge in [-0.3, -0.25) is 0 Å². The molecule has 0 radical (unpaired) electrons. The van der Waals surface area contributed by atoms with Crippen molar-refractivity contribution >= 4 is 11.6 Å². The molecule has 1 fully saturated rings. The molecule has 32 heavy (non-hydrogen) atoms. The Labute approximate surface area is 192 Å². The summed E-state index contributed by atoms with van der Waals surface area (Å²) in [6.07, 6.45) is -0.630. The molecular weight excluding hydrogens is 428 g/mol. The molecule has 3 aromatic carbocycles. The van der Waals surface area contributed by atoms with Gasteiger partial charge in [-0.15, -0.1) is 0 Å². The molecule has 168 valence electrons. The van der Waals surface area contributed by atoms with Crippen LogP contribution in [0.25, 0.3) is 0 Å². The number of hydrogen-bond donors (Lipinski definition) is 3. The summed E-state index contributed by atoms with van der Waals surface area (Å²) in [6, 6.07) is 22.0. The van der Waals surface area contributed by atoms with E-state index in [9.17, 15) is 15.3 Å². The Hall–Kier alpha value is -2.41. The number of rotatable bonds is 7. The van der Waals surface area contributed by atoms with Gasteiger partial charge in [0.1, 0.15) is 5.75 Å². The largest absolute Gasteiger partial charge is 0.508 e. The van der Waals surface area contributed by atoms with Gasteiger partial charge in [-0.05, 0) is 41.3 Å². The lowest BCUT2D eigenvalue weighted by atomic mass is 9.94. The third kappa shape index (κ3) is 5.88. The molecule has 0 bridgehead atoms. The Morgan fingerprint density at radius 2 is 1.75 bits per heavy atom. The average molecular weight is 455 g/mol. The van der Waals surface area contributed by atoms with Crippen molar-refractivity contribution in [2.75, 3.05) is 6.61 Å². The van der Waals surface area contributed by atoms with Crippen molar-refractivity contribution in [3.05, 3.63) is 100 Å². The van der Waals surface area contributed by atoms with Gasteiger partial charge >= 0.3 is 0 Å². The highest BCUT2D eigenvalue weighted by molar-refractivity contribution is 6.31. The minimum atomic E-state index is -1.04. The number of phenols is 1. The lowest BCUT2D eigenvalue weighted by Crippen LogP contribution is -2.34. The molecule has 1 aliphatic rings. The van der Waals surface area contributed by atoms with E-state index in [1.807, 2.05) is 48.5 Å². The molecule has 0 spiro atoms. The van der Waals surface area contributed by atoms with E-state index in [1.165, 1.54) is 0 Å². The number of aliphatic hydroxyl groups is 2. The van der Waals surface area contributed by atoms with Crippen molar-refractivity contribution in [1.82, 2.24) is 0 Å². The number of phenolic OH excluding ortho intramolecular Hbond substituents is 1. The van der Waals surface area contributed by atoms with Gasteiger partial charge in [-0.25, -0.2) is 0 Å². The van der Waals surface area contributed by atoms with Crippen LogP contribution in [0.3, 0.4) is 0 Å². The Morgan fingerprint density at radius 3 is 2.50 bits per heavy atom. The highest BCUT2D eigenvalue weighted by atomic mass is 35.5. The summed E-state index contributed by atoms with van der Waals surface area (Å²) in [6.45, 7) is 0.178. The molecule has 6 heteroatoms. The summed E-state index contributed by atoms with van der Waals surface area (Å²) < 4.78 is 11.8. The van der Waals surface area contributed by atoms with Crippen LogP contribution in [0.2, 0.25) is 5.02 Å². The number of hydrogen-bond acceptors (Lipinski definition) is 5. The highest BCUT2D eigenvalue weighted by Gasteiger charge is 2.30. The summed E-state index contributed by atoms with van der Waals surface area (Å²) in [5, 5.41) is 30.8. The average Bonchev–Trinajstić information content (AvgIpc) is 2.80. The lowest BCUT2D eigenvalue weighted by molar-refractivity contribution is -0.169. The summed E-state index contributed by atoms with van der Waals surface area (Å²) in [5.74, 6) is 0.226. The van der Waals surface area contributed by atoms with E-state index in [1.54, 1.807) is 24.3 Å². The van der Waals surface area contributed by atoms with Gasteiger partial charge in [0, 0.05) is 23.4 Å². The summed E-state index contributed by atoms with van der Waals surface area (Å²) in [4.78, 5) is 0. The summed E-state index contributed by atoms with van der Waals surface area (Å²) >= 11 is 6.43. The first kappa shape index (κ1) is 22.8. The number of benzene rings is 3. The molecule has 0 aliphatic carbocycles. The molecule has 1 aliphatic heterocycles. The quantitative estimate of drug-likeness (QED) is 0.441. The van der Waals surface area contributed by atoms with Crippen molar-refractivity contribution in [3.63, 3.8) is 0 Å². The van der Waals surface area contributed by atoms with Gasteiger partial charge in [0.25, 0.3) is 0 Å². The van der Waals surface area contributed by atoms with Gasteiger partial charge in [-0.2, -0.15) is 0 Å². The fourth-order valence-electron chi connectivity index (χ4n) is 3.99. The third-order valence-corrected chi connectivity index (χ3v) is 6.04. The van der Waals surface area contributed by atoms with E-state index in [0.717, 1.165) is 16.7 Å². The number of aromatic hydroxyl groups is 1. The van der Waals surface area contributed by atoms with Gasteiger partial charge in [0.15, 0.2) is 6.29 Å². The van der Waals surface area contributed by atoms with E-state index in [4.69, 9.17) is 21.1 Å². The summed E-state index contributed by atoms with van der Waals surface area (Å²) in [7, 11) is 0. The van der Waals surface area contributed by atoms with E-state index >= 15 is 0 Å². The van der Waals surface area contributed by atoms with Crippen LogP contribution in [-0.4, -0.2) is 34.1 Å². The molecule has 4 unspecified atom stereocenters.